The van der Waals surface area contributed by atoms with Crippen LogP contribution in [0.3, 0.4) is 0 Å². The number of H-pyrrole nitrogens is 3. The third kappa shape index (κ3) is 14.3. The Morgan fingerprint density at radius 1 is 0.465 bits per heavy atom. The fourth-order valence-electron chi connectivity index (χ4n) is 4.71. The van der Waals surface area contributed by atoms with E-state index in [1.54, 1.807) is 22.6 Å². The standard InChI is InChI=1S/2C7H4ClN5O2.2C7H5N5O3.C5H3IN2O3/c8-7-6(12-2-1-10-11-12)3-5(4-9-7)13(14)15;8-7-6(12-10-1-2-11-12)3-5(4-9-7)13(14)15;13-7-6(11-2-1-9-10-11)3-5(4-8-7)12(14)15;13-7-6(11-9-1-2-10-11)3-5(4-8-7)12(14)15;6-4-1-3(8(10)11)2-7-5(4)9/h2*1-4H;2*1-4H,(H,8,13);1-2H,(H,7,9). The molecule has 0 aromatic carbocycles. The van der Waals surface area contributed by atoms with Gasteiger partial charge in [0.1, 0.15) is 29.5 Å². The summed E-state index contributed by atoms with van der Waals surface area (Å²) in [6, 6.07) is 6.01. The van der Waals surface area contributed by atoms with Crippen molar-refractivity contribution in [3.05, 3.63) is 206 Å². The van der Waals surface area contributed by atoms with Crippen LogP contribution in [-0.2, 0) is 0 Å². The van der Waals surface area contributed by atoms with Crippen molar-refractivity contribution in [3.63, 3.8) is 0 Å². The minimum absolute atomic E-state index is 0.00852. The lowest BCUT2D eigenvalue weighted by Gasteiger charge is -2.01. The number of rotatable bonds is 9. The first-order valence-corrected chi connectivity index (χ1v) is 20.0. The molecule has 0 radical (unpaired) electrons. The molecule has 71 heavy (non-hydrogen) atoms. The van der Waals surface area contributed by atoms with Crippen LogP contribution in [0.15, 0.2) is 125 Å². The number of nitro groups is 5. The van der Waals surface area contributed by atoms with Gasteiger partial charge in [0.25, 0.3) is 45.1 Å². The van der Waals surface area contributed by atoms with Crippen molar-refractivity contribution in [3.8, 4) is 22.7 Å². The summed E-state index contributed by atoms with van der Waals surface area (Å²) in [6.07, 6.45) is 16.7. The smallest absolute Gasteiger partial charge is 0.289 e. The highest BCUT2D eigenvalue weighted by Crippen LogP contribution is 2.23. The van der Waals surface area contributed by atoms with Crippen LogP contribution in [0.1, 0.15) is 0 Å². The maximum Gasteiger partial charge on any atom is 0.289 e. The van der Waals surface area contributed by atoms with Crippen molar-refractivity contribution in [2.24, 2.45) is 0 Å². The minimum Gasteiger partial charge on any atom is -0.322 e. The molecule has 0 unspecified atom stereocenters. The van der Waals surface area contributed by atoms with Gasteiger partial charge in [-0.15, -0.1) is 19.8 Å². The van der Waals surface area contributed by atoms with Crippen molar-refractivity contribution in [1.82, 2.24) is 84.9 Å². The van der Waals surface area contributed by atoms with Gasteiger partial charge in [0, 0.05) is 24.3 Å². The number of hydrogen-bond acceptors (Lipinski definition) is 23. The Bertz CT molecular complexity index is 3300. The monoisotopic (exact) mass is 1130 g/mol. The van der Waals surface area contributed by atoms with E-state index in [9.17, 15) is 65.0 Å². The molecular weight excluding hydrogens is 1110 g/mol. The molecule has 0 aliphatic carbocycles. The summed E-state index contributed by atoms with van der Waals surface area (Å²) in [7, 11) is 0. The average molecular weight is 1130 g/mol. The number of nitrogens with one attached hydrogen (secondary N) is 3. The number of pyridine rings is 5. The van der Waals surface area contributed by atoms with Gasteiger partial charge in [-0.1, -0.05) is 33.6 Å². The zero-order valence-corrected chi connectivity index (χ0v) is 38.0. The van der Waals surface area contributed by atoms with Gasteiger partial charge in [-0.3, -0.25) is 65.0 Å². The second-order valence-corrected chi connectivity index (χ2v) is 14.2. The van der Waals surface area contributed by atoms with Gasteiger partial charge in [-0.2, -0.15) is 20.4 Å². The maximum absolute atomic E-state index is 11.3. The Morgan fingerprint density at radius 2 is 0.817 bits per heavy atom. The third-order valence-electron chi connectivity index (χ3n) is 7.85. The van der Waals surface area contributed by atoms with Gasteiger partial charge in [0.2, 0.25) is 0 Å². The average Bonchev–Trinajstić information content (AvgIpc) is 4.21. The molecule has 0 atom stereocenters. The second kappa shape index (κ2) is 24.2. The molecule has 0 aliphatic rings. The lowest BCUT2D eigenvalue weighted by molar-refractivity contribution is -0.385. The molecule has 9 aromatic rings. The Hall–Kier alpha value is -9.98. The molecular formula is C33H21Cl2IN22O13. The molecule has 35 nitrogen and oxygen atoms in total. The second-order valence-electron chi connectivity index (χ2n) is 12.3. The molecule has 9 heterocycles. The molecule has 362 valence electrons. The number of halogens is 3. The topological polar surface area (TPSA) is 463 Å². The maximum atomic E-state index is 11.3. The summed E-state index contributed by atoms with van der Waals surface area (Å²) >= 11 is 13.3. The molecule has 0 amide bonds. The largest absolute Gasteiger partial charge is 0.322 e. The summed E-state index contributed by atoms with van der Waals surface area (Å²) in [4.78, 5) is 98.9. The first-order valence-electron chi connectivity index (χ1n) is 18.2. The van der Waals surface area contributed by atoms with Gasteiger partial charge in [-0.25, -0.2) is 19.3 Å². The van der Waals surface area contributed by atoms with E-state index in [-0.39, 0.29) is 61.4 Å². The van der Waals surface area contributed by atoms with Crippen LogP contribution in [0.2, 0.25) is 10.3 Å². The quantitative estimate of drug-likeness (QED) is 0.0809. The van der Waals surface area contributed by atoms with Crippen LogP contribution in [0.5, 0.6) is 0 Å². The van der Waals surface area contributed by atoms with Gasteiger partial charge in [0.05, 0.1) is 102 Å². The van der Waals surface area contributed by atoms with E-state index in [1.807, 2.05) is 0 Å². The van der Waals surface area contributed by atoms with Crippen LogP contribution < -0.4 is 16.7 Å². The van der Waals surface area contributed by atoms with Crippen LogP contribution in [0.25, 0.3) is 22.7 Å². The van der Waals surface area contributed by atoms with E-state index in [0.29, 0.717) is 9.26 Å². The summed E-state index contributed by atoms with van der Waals surface area (Å²) in [6.45, 7) is 0. The van der Waals surface area contributed by atoms with Crippen LogP contribution in [0.4, 0.5) is 28.4 Å². The molecule has 0 fully saturated rings. The Balaban J connectivity index is 0.000000166. The lowest BCUT2D eigenvalue weighted by Crippen LogP contribution is -2.16. The number of aromatic amines is 3. The molecule has 0 bridgehead atoms. The normalized spacial score (nSPS) is 10.1. The molecule has 0 saturated carbocycles. The van der Waals surface area contributed by atoms with Crippen molar-refractivity contribution in [2.75, 3.05) is 0 Å². The van der Waals surface area contributed by atoms with Gasteiger partial charge < -0.3 is 15.0 Å². The Morgan fingerprint density at radius 3 is 1.24 bits per heavy atom. The highest BCUT2D eigenvalue weighted by molar-refractivity contribution is 14.1. The summed E-state index contributed by atoms with van der Waals surface area (Å²) in [5, 5.41) is 81.7. The van der Waals surface area contributed by atoms with Crippen LogP contribution in [0, 0.1) is 54.1 Å². The van der Waals surface area contributed by atoms with Gasteiger partial charge in [0.15, 0.2) is 16.0 Å². The molecule has 3 N–H and O–H groups in total. The molecule has 9 aromatic heterocycles. The molecule has 0 aliphatic heterocycles. The fraction of sp³-hybridized carbons (Fsp3) is 0. The Labute approximate surface area is 411 Å². The van der Waals surface area contributed by atoms with E-state index in [4.69, 9.17) is 23.2 Å². The first kappa shape index (κ1) is 52.0. The first-order chi connectivity index (χ1) is 33.8. The van der Waals surface area contributed by atoms with E-state index >= 15 is 0 Å². The zero-order chi connectivity index (χ0) is 51.8. The SMILES string of the molecule is O=[N+]([O-])c1cnc(Cl)c(-n2ccnn2)c1.O=[N+]([O-])c1cnc(Cl)c(-n2nccn2)c1.O=c1[nH]cc([N+](=O)[O-])cc1-n1ccnn1.O=c1[nH]cc([N+](=O)[O-])cc1-n1nccn1.O=c1[nH]cc([N+](=O)[O-])cc1I. The van der Waals surface area contributed by atoms with Crippen molar-refractivity contribution >= 4 is 74.2 Å². The predicted octanol–water partition coefficient (Wildman–Crippen LogP) is 3.06. The van der Waals surface area contributed by atoms with Crippen LogP contribution >= 0.6 is 45.8 Å². The van der Waals surface area contributed by atoms with Crippen molar-refractivity contribution in [1.29, 1.82) is 0 Å². The van der Waals surface area contributed by atoms with Crippen LogP contribution in [-0.4, -0.2) is 110 Å². The zero-order valence-electron chi connectivity index (χ0n) is 34.3. The number of hydrogen-bond donors (Lipinski definition) is 3. The molecule has 0 saturated heterocycles. The van der Waals surface area contributed by atoms with Gasteiger partial charge in [-0.05, 0) is 22.6 Å². The van der Waals surface area contributed by atoms with E-state index in [2.05, 4.69) is 65.9 Å². The van der Waals surface area contributed by atoms with Gasteiger partial charge >= 0.3 is 0 Å². The van der Waals surface area contributed by atoms with Crippen molar-refractivity contribution < 1.29 is 24.6 Å². The number of aromatic nitrogens is 17. The highest BCUT2D eigenvalue weighted by Gasteiger charge is 2.16. The Kier molecular flexibility index (Phi) is 17.7. The molecule has 9 rings (SSSR count). The highest BCUT2D eigenvalue weighted by atomic mass is 127. The fourth-order valence-corrected chi connectivity index (χ4v) is 5.55. The van der Waals surface area contributed by atoms with E-state index in [1.165, 1.54) is 77.3 Å². The van der Waals surface area contributed by atoms with E-state index in [0.717, 1.165) is 52.6 Å². The summed E-state index contributed by atoms with van der Waals surface area (Å²) in [5.74, 6) is 0. The lowest BCUT2D eigenvalue weighted by atomic mass is 10.4. The summed E-state index contributed by atoms with van der Waals surface area (Å²) < 4.78 is 2.78. The van der Waals surface area contributed by atoms with E-state index < -0.39 is 35.7 Å². The minimum atomic E-state index is -0.608. The number of nitrogens with zero attached hydrogens (tertiary/aromatic N) is 19. The summed E-state index contributed by atoms with van der Waals surface area (Å²) in [5.41, 5.74) is -1.44. The molecule has 0 spiro atoms. The van der Waals surface area contributed by atoms with Crippen molar-refractivity contribution in [2.45, 2.75) is 0 Å². The predicted molar refractivity (Wildman–Crippen MR) is 245 cm³/mol. The third-order valence-corrected chi connectivity index (χ3v) is 9.24. The molecule has 38 heteroatoms.